The first-order chi connectivity index (χ1) is 6.83. The van der Waals surface area contributed by atoms with E-state index in [2.05, 4.69) is 30.8 Å². The Hall–Kier alpha value is -0.643. The number of benzene rings is 1. The average Bonchev–Trinajstić information content (AvgIpc) is 2.20. The van der Waals surface area contributed by atoms with Crippen molar-refractivity contribution >= 4 is 9.04 Å². The van der Waals surface area contributed by atoms with Gasteiger partial charge in [0.1, 0.15) is 0 Å². The lowest BCUT2D eigenvalue weighted by Crippen LogP contribution is -2.19. The minimum absolute atomic E-state index is 0.691. The van der Waals surface area contributed by atoms with Gasteiger partial charge in [0.05, 0.1) is 13.2 Å². The van der Waals surface area contributed by atoms with Crippen LogP contribution in [0.5, 0.6) is 0 Å². The largest absolute Gasteiger partial charge is 0.414 e. The first-order valence-corrected chi connectivity index (χ1v) is 6.92. The molecule has 0 saturated heterocycles. The lowest BCUT2D eigenvalue weighted by Gasteiger charge is -2.10. The highest BCUT2D eigenvalue weighted by Crippen LogP contribution is 2.02. The fourth-order valence-electron chi connectivity index (χ4n) is 1.23. The Morgan fingerprint density at radius 1 is 1.14 bits per heavy atom. The Labute approximate surface area is 87.6 Å². The van der Waals surface area contributed by atoms with Gasteiger partial charge in [-0.15, -0.1) is 0 Å². The third-order valence-corrected chi connectivity index (χ3v) is 3.53. The van der Waals surface area contributed by atoms with Crippen LogP contribution in [0.1, 0.15) is 5.56 Å². The summed E-state index contributed by atoms with van der Waals surface area (Å²) in [6, 6.07) is 11.5. The molecule has 1 aromatic rings. The normalized spacial score (nSPS) is 10.8. The highest BCUT2D eigenvalue weighted by molar-refractivity contribution is 6.49. The van der Waals surface area contributed by atoms with Gasteiger partial charge in [0.2, 0.25) is 9.04 Å². The van der Waals surface area contributed by atoms with E-state index in [0.29, 0.717) is 13.2 Å². The molecular formula is C11H17O2Si. The Bertz CT molecular complexity index is 238. The van der Waals surface area contributed by atoms with Gasteiger partial charge in [0, 0.05) is 7.11 Å². The summed E-state index contributed by atoms with van der Waals surface area (Å²) in [5.74, 6) is 0. The molecule has 1 rings (SSSR count). The monoisotopic (exact) mass is 209 g/mol. The van der Waals surface area contributed by atoms with E-state index < -0.39 is 9.04 Å². The van der Waals surface area contributed by atoms with Crippen LogP contribution in [0.3, 0.4) is 0 Å². The Balaban J connectivity index is 2.23. The number of hydrogen-bond acceptors (Lipinski definition) is 2. The summed E-state index contributed by atoms with van der Waals surface area (Å²) in [6.07, 6.45) is 0. The highest BCUT2D eigenvalue weighted by atomic mass is 28.3. The molecule has 0 saturated carbocycles. The molecule has 0 unspecified atom stereocenters. The number of rotatable bonds is 6. The molecule has 1 radical (unpaired) electrons. The molecule has 0 spiro atoms. The van der Waals surface area contributed by atoms with Gasteiger partial charge >= 0.3 is 0 Å². The molecule has 1 aromatic carbocycles. The smallest absolute Gasteiger partial charge is 0.212 e. The standard InChI is InChI=1S/C11H17O2Si/c1-12-8-9-13-14(2)10-11-6-4-3-5-7-11/h3-7H,8-10H2,1-2H3. The minimum Gasteiger partial charge on any atom is -0.414 e. The lowest BCUT2D eigenvalue weighted by atomic mass is 10.2. The van der Waals surface area contributed by atoms with Crippen molar-refractivity contribution in [3.05, 3.63) is 35.9 Å². The van der Waals surface area contributed by atoms with Crippen LogP contribution < -0.4 is 0 Å². The third kappa shape index (κ3) is 4.55. The van der Waals surface area contributed by atoms with Crippen LogP contribution in [0.25, 0.3) is 0 Å². The van der Waals surface area contributed by atoms with Gasteiger partial charge < -0.3 is 9.16 Å². The molecule has 2 nitrogen and oxygen atoms in total. The second-order valence-electron chi connectivity index (χ2n) is 3.21. The van der Waals surface area contributed by atoms with Crippen LogP contribution in [0.15, 0.2) is 30.3 Å². The van der Waals surface area contributed by atoms with Crippen LogP contribution in [0.4, 0.5) is 0 Å². The van der Waals surface area contributed by atoms with Crippen LogP contribution >= 0.6 is 0 Å². The molecule has 0 atom stereocenters. The first-order valence-electron chi connectivity index (χ1n) is 4.81. The van der Waals surface area contributed by atoms with Crippen molar-refractivity contribution in [2.75, 3.05) is 20.3 Å². The van der Waals surface area contributed by atoms with Crippen molar-refractivity contribution in [2.24, 2.45) is 0 Å². The fourth-order valence-corrected chi connectivity index (χ4v) is 2.58. The fraction of sp³-hybridized carbons (Fsp3) is 0.455. The molecule has 14 heavy (non-hydrogen) atoms. The van der Waals surface area contributed by atoms with E-state index in [-0.39, 0.29) is 0 Å². The zero-order valence-electron chi connectivity index (χ0n) is 8.82. The number of methoxy groups -OCH3 is 1. The molecule has 0 aromatic heterocycles. The van der Waals surface area contributed by atoms with Gasteiger partial charge in [-0.1, -0.05) is 30.3 Å². The number of ether oxygens (including phenoxy) is 1. The summed E-state index contributed by atoms with van der Waals surface area (Å²) >= 11 is 0. The zero-order valence-corrected chi connectivity index (χ0v) is 9.82. The maximum atomic E-state index is 5.66. The molecule has 0 aliphatic carbocycles. The Morgan fingerprint density at radius 3 is 2.50 bits per heavy atom. The maximum Gasteiger partial charge on any atom is 0.212 e. The molecule has 0 N–H and O–H groups in total. The van der Waals surface area contributed by atoms with Crippen molar-refractivity contribution in [1.82, 2.24) is 0 Å². The third-order valence-electron chi connectivity index (χ3n) is 1.93. The lowest BCUT2D eigenvalue weighted by molar-refractivity contribution is 0.146. The second-order valence-corrected chi connectivity index (χ2v) is 5.25. The van der Waals surface area contributed by atoms with E-state index in [1.54, 1.807) is 7.11 Å². The van der Waals surface area contributed by atoms with Crippen LogP contribution in [0, 0.1) is 0 Å². The minimum atomic E-state index is -0.694. The SMILES string of the molecule is COCCO[Si](C)Cc1ccccc1. The van der Waals surface area contributed by atoms with Crippen molar-refractivity contribution in [1.29, 1.82) is 0 Å². The van der Waals surface area contributed by atoms with E-state index in [0.717, 1.165) is 6.04 Å². The van der Waals surface area contributed by atoms with Gasteiger partial charge in [0.15, 0.2) is 0 Å². The van der Waals surface area contributed by atoms with Gasteiger partial charge in [-0.3, -0.25) is 0 Å². The Morgan fingerprint density at radius 2 is 1.86 bits per heavy atom. The van der Waals surface area contributed by atoms with Gasteiger partial charge in [-0.05, 0) is 18.2 Å². The summed E-state index contributed by atoms with van der Waals surface area (Å²) in [5, 5.41) is 0. The molecule has 0 heterocycles. The van der Waals surface area contributed by atoms with Crippen molar-refractivity contribution in [3.63, 3.8) is 0 Å². The van der Waals surface area contributed by atoms with Crippen LogP contribution in [0.2, 0.25) is 6.55 Å². The molecule has 0 aliphatic heterocycles. The van der Waals surface area contributed by atoms with E-state index in [9.17, 15) is 0 Å². The van der Waals surface area contributed by atoms with Crippen molar-refractivity contribution < 1.29 is 9.16 Å². The predicted octanol–water partition coefficient (Wildman–Crippen LogP) is 2.05. The number of hydrogen-bond donors (Lipinski definition) is 0. The van der Waals surface area contributed by atoms with E-state index in [1.807, 2.05) is 6.07 Å². The Kier molecular flexibility index (Phi) is 5.52. The quantitative estimate of drug-likeness (QED) is 0.527. The van der Waals surface area contributed by atoms with E-state index in [1.165, 1.54) is 5.56 Å². The predicted molar refractivity (Wildman–Crippen MR) is 59.6 cm³/mol. The molecule has 0 amide bonds. The molecular weight excluding hydrogens is 192 g/mol. The molecule has 3 heteroatoms. The summed E-state index contributed by atoms with van der Waals surface area (Å²) < 4.78 is 10.6. The summed E-state index contributed by atoms with van der Waals surface area (Å²) in [6.45, 7) is 3.60. The topological polar surface area (TPSA) is 18.5 Å². The van der Waals surface area contributed by atoms with Crippen molar-refractivity contribution in [3.8, 4) is 0 Å². The molecule has 0 aliphatic rings. The maximum absolute atomic E-state index is 5.66. The van der Waals surface area contributed by atoms with Crippen LogP contribution in [-0.4, -0.2) is 29.4 Å². The molecule has 0 bridgehead atoms. The van der Waals surface area contributed by atoms with Crippen molar-refractivity contribution in [2.45, 2.75) is 12.6 Å². The summed E-state index contributed by atoms with van der Waals surface area (Å²) in [7, 11) is 1.00. The summed E-state index contributed by atoms with van der Waals surface area (Å²) in [5.41, 5.74) is 1.36. The van der Waals surface area contributed by atoms with Gasteiger partial charge in [-0.2, -0.15) is 0 Å². The highest BCUT2D eigenvalue weighted by Gasteiger charge is 2.06. The molecule has 77 valence electrons. The molecule has 0 fully saturated rings. The first kappa shape index (κ1) is 11.4. The zero-order chi connectivity index (χ0) is 10.2. The second kappa shape index (κ2) is 6.76. The summed E-state index contributed by atoms with van der Waals surface area (Å²) in [4.78, 5) is 0. The van der Waals surface area contributed by atoms with Gasteiger partial charge in [-0.25, -0.2) is 0 Å². The van der Waals surface area contributed by atoms with E-state index >= 15 is 0 Å². The van der Waals surface area contributed by atoms with Crippen LogP contribution in [-0.2, 0) is 15.2 Å². The van der Waals surface area contributed by atoms with E-state index in [4.69, 9.17) is 9.16 Å². The average molecular weight is 209 g/mol. The van der Waals surface area contributed by atoms with Gasteiger partial charge in [0.25, 0.3) is 0 Å².